The number of hydrogen-bond acceptors (Lipinski definition) is 5. The molecule has 0 amide bonds. The van der Waals surface area contributed by atoms with Gasteiger partial charge in [0.05, 0.1) is 23.2 Å². The van der Waals surface area contributed by atoms with Crippen LogP contribution in [0.25, 0.3) is 0 Å². The summed E-state index contributed by atoms with van der Waals surface area (Å²) >= 11 is 3.09. The number of piperidine rings is 1. The van der Waals surface area contributed by atoms with Gasteiger partial charge in [0.1, 0.15) is 5.03 Å². The summed E-state index contributed by atoms with van der Waals surface area (Å²) in [5.41, 5.74) is 2.30. The predicted molar refractivity (Wildman–Crippen MR) is 95.9 cm³/mol. The summed E-state index contributed by atoms with van der Waals surface area (Å²) in [7, 11) is 0. The molecule has 4 rings (SSSR count). The summed E-state index contributed by atoms with van der Waals surface area (Å²) in [6.07, 6.45) is 2.68. The van der Waals surface area contributed by atoms with Gasteiger partial charge in [-0.1, -0.05) is 41.8 Å². The summed E-state index contributed by atoms with van der Waals surface area (Å²) in [6, 6.07) is 10.1. The highest BCUT2D eigenvalue weighted by Gasteiger charge is 2.38. The second-order valence-electron chi connectivity index (χ2n) is 6.18. The summed E-state index contributed by atoms with van der Waals surface area (Å²) in [5.74, 6) is 8.59. The van der Waals surface area contributed by atoms with Gasteiger partial charge in [-0.2, -0.15) is 8.75 Å². The van der Waals surface area contributed by atoms with Crippen LogP contribution in [-0.4, -0.2) is 39.0 Å². The summed E-state index contributed by atoms with van der Waals surface area (Å²) in [5, 5.41) is 1.11. The van der Waals surface area contributed by atoms with Crippen molar-refractivity contribution < 1.29 is 0 Å². The van der Waals surface area contributed by atoms with Crippen LogP contribution in [-0.2, 0) is 0 Å². The molecule has 1 aromatic carbocycles. The second kappa shape index (κ2) is 7.04. The van der Waals surface area contributed by atoms with E-state index in [1.54, 1.807) is 11.8 Å². The molecule has 3 unspecified atom stereocenters. The molecule has 2 aliphatic heterocycles. The maximum absolute atomic E-state index is 4.63. The van der Waals surface area contributed by atoms with Crippen molar-refractivity contribution in [1.29, 1.82) is 0 Å². The first kappa shape index (κ1) is 15.2. The van der Waals surface area contributed by atoms with Crippen LogP contribution in [0.4, 0.5) is 0 Å². The van der Waals surface area contributed by atoms with Crippen molar-refractivity contribution in [2.24, 2.45) is 5.92 Å². The first-order chi connectivity index (χ1) is 11.4. The SMILES string of the molecule is C(#Cc1ccccc1)CSc1nsnc1C1CN2CCCC1C2. The van der Waals surface area contributed by atoms with Gasteiger partial charge in [-0.15, -0.1) is 0 Å². The molecule has 2 fully saturated rings. The van der Waals surface area contributed by atoms with Gasteiger partial charge in [-0.05, 0) is 37.4 Å². The van der Waals surface area contributed by atoms with Gasteiger partial charge in [0.25, 0.3) is 0 Å². The van der Waals surface area contributed by atoms with Crippen molar-refractivity contribution in [1.82, 2.24) is 13.6 Å². The van der Waals surface area contributed by atoms with E-state index in [4.69, 9.17) is 0 Å². The second-order valence-corrected chi connectivity index (χ2v) is 7.67. The van der Waals surface area contributed by atoms with E-state index in [0.717, 1.165) is 22.3 Å². The molecule has 3 atom stereocenters. The van der Waals surface area contributed by atoms with Crippen LogP contribution in [0.5, 0.6) is 0 Å². The van der Waals surface area contributed by atoms with E-state index in [9.17, 15) is 0 Å². The van der Waals surface area contributed by atoms with Crippen LogP contribution < -0.4 is 0 Å². The number of thioether (sulfide) groups is 1. The minimum atomic E-state index is 0.584. The topological polar surface area (TPSA) is 29.0 Å². The van der Waals surface area contributed by atoms with Crippen molar-refractivity contribution in [2.45, 2.75) is 23.8 Å². The Hall–Kier alpha value is -1.35. The molecule has 2 bridgehead atoms. The van der Waals surface area contributed by atoms with E-state index in [0.29, 0.717) is 5.92 Å². The number of hydrogen-bond donors (Lipinski definition) is 0. The van der Waals surface area contributed by atoms with Gasteiger partial charge in [0, 0.05) is 24.6 Å². The fraction of sp³-hybridized carbons (Fsp3) is 0.444. The van der Waals surface area contributed by atoms with E-state index in [-0.39, 0.29) is 0 Å². The molecule has 5 heteroatoms. The fourth-order valence-electron chi connectivity index (χ4n) is 3.60. The molecule has 2 aliphatic rings. The van der Waals surface area contributed by atoms with Gasteiger partial charge in [-0.25, -0.2) is 0 Å². The van der Waals surface area contributed by atoms with E-state index >= 15 is 0 Å². The van der Waals surface area contributed by atoms with Crippen molar-refractivity contribution >= 4 is 23.5 Å². The number of benzene rings is 1. The van der Waals surface area contributed by atoms with Crippen LogP contribution in [0, 0.1) is 17.8 Å². The lowest BCUT2D eigenvalue weighted by molar-refractivity contribution is 0.269. The number of fused-ring (bicyclic) bond motifs is 2. The third-order valence-corrected chi connectivity index (χ3v) is 6.21. The third kappa shape index (κ3) is 3.45. The highest BCUT2D eigenvalue weighted by molar-refractivity contribution is 7.99. The average molecular weight is 342 g/mol. The highest BCUT2D eigenvalue weighted by Crippen LogP contribution is 2.41. The normalized spacial score (nSPS) is 25.8. The summed E-state index contributed by atoms with van der Waals surface area (Å²) < 4.78 is 9.16. The van der Waals surface area contributed by atoms with Crippen LogP contribution in [0.3, 0.4) is 0 Å². The van der Waals surface area contributed by atoms with Crippen molar-refractivity contribution in [2.75, 3.05) is 25.4 Å². The Morgan fingerprint density at radius 2 is 2.13 bits per heavy atom. The van der Waals surface area contributed by atoms with Crippen LogP contribution in [0.2, 0.25) is 0 Å². The Kier molecular flexibility index (Phi) is 4.65. The molecule has 1 aromatic heterocycles. The van der Waals surface area contributed by atoms with Crippen molar-refractivity contribution in [3.63, 3.8) is 0 Å². The minimum absolute atomic E-state index is 0.584. The van der Waals surface area contributed by atoms with Crippen LogP contribution in [0.1, 0.15) is 30.0 Å². The molecule has 2 aromatic rings. The largest absolute Gasteiger partial charge is 0.302 e. The molecular weight excluding hydrogens is 322 g/mol. The first-order valence-electron chi connectivity index (χ1n) is 8.11. The van der Waals surface area contributed by atoms with Crippen molar-refractivity contribution in [3.8, 4) is 11.8 Å². The molecule has 3 nitrogen and oxygen atoms in total. The Balaban J connectivity index is 1.41. The Bertz CT molecular complexity index is 717. The molecule has 23 heavy (non-hydrogen) atoms. The molecule has 118 valence electrons. The standard InChI is InChI=1S/C18H19N3S2/c1-2-6-14(7-3-1)8-5-11-22-18-17(19-23-20-18)16-13-21-10-4-9-15(16)12-21/h1-3,6-7,15-16H,4,9-13H2. The van der Waals surface area contributed by atoms with Gasteiger partial charge >= 0.3 is 0 Å². The molecular formula is C18H19N3S2. The third-order valence-electron chi connectivity index (χ3n) is 4.69. The molecule has 0 aliphatic carbocycles. The fourth-order valence-corrected chi connectivity index (χ4v) is 5.11. The van der Waals surface area contributed by atoms with Gasteiger partial charge in [0.15, 0.2) is 0 Å². The summed E-state index contributed by atoms with van der Waals surface area (Å²) in [4.78, 5) is 2.59. The number of nitrogens with zero attached hydrogens (tertiary/aromatic N) is 3. The smallest absolute Gasteiger partial charge is 0.134 e. The van der Waals surface area contributed by atoms with Crippen LogP contribution >= 0.6 is 23.5 Å². The Morgan fingerprint density at radius 1 is 1.22 bits per heavy atom. The van der Waals surface area contributed by atoms with Crippen LogP contribution in [0.15, 0.2) is 35.4 Å². The zero-order chi connectivity index (χ0) is 15.5. The average Bonchev–Trinajstić information content (AvgIpc) is 3.16. The predicted octanol–water partition coefficient (Wildman–Crippen LogP) is 3.49. The van der Waals surface area contributed by atoms with E-state index in [1.807, 2.05) is 30.3 Å². The molecule has 3 heterocycles. The quantitative estimate of drug-likeness (QED) is 0.631. The maximum atomic E-state index is 4.63. The van der Waals surface area contributed by atoms with Gasteiger partial charge in [0.2, 0.25) is 0 Å². The van der Waals surface area contributed by atoms with Crippen molar-refractivity contribution in [3.05, 3.63) is 41.6 Å². The lowest BCUT2D eigenvalue weighted by Crippen LogP contribution is -2.25. The lowest BCUT2D eigenvalue weighted by atomic mass is 9.89. The Labute approximate surface area is 145 Å². The number of aromatic nitrogens is 2. The highest BCUT2D eigenvalue weighted by atomic mass is 32.2. The lowest BCUT2D eigenvalue weighted by Gasteiger charge is -2.21. The molecule has 0 spiro atoms. The zero-order valence-electron chi connectivity index (χ0n) is 12.9. The molecule has 0 saturated carbocycles. The summed E-state index contributed by atoms with van der Waals surface area (Å²) in [6.45, 7) is 3.68. The molecule has 2 saturated heterocycles. The molecule has 0 N–H and O–H groups in total. The zero-order valence-corrected chi connectivity index (χ0v) is 14.6. The number of rotatable bonds is 3. The first-order valence-corrected chi connectivity index (χ1v) is 9.83. The maximum Gasteiger partial charge on any atom is 0.134 e. The minimum Gasteiger partial charge on any atom is -0.302 e. The van der Waals surface area contributed by atoms with E-state index < -0.39 is 0 Å². The van der Waals surface area contributed by atoms with Gasteiger partial charge < -0.3 is 4.90 Å². The molecule has 0 radical (unpaired) electrons. The monoisotopic (exact) mass is 341 g/mol. The van der Waals surface area contributed by atoms with E-state index in [1.165, 1.54) is 49.9 Å². The van der Waals surface area contributed by atoms with Gasteiger partial charge in [-0.3, -0.25) is 0 Å². The van der Waals surface area contributed by atoms with E-state index in [2.05, 4.69) is 25.5 Å². The Morgan fingerprint density at radius 3 is 3.00 bits per heavy atom.